The monoisotopic (exact) mass is 194 g/mol. The first-order valence-electron chi connectivity index (χ1n) is 4.11. The van der Waals surface area contributed by atoms with Gasteiger partial charge in [0.25, 0.3) is 0 Å². The molecule has 0 aromatic heterocycles. The van der Waals surface area contributed by atoms with E-state index in [9.17, 15) is 4.21 Å². The number of hydrogen-bond acceptors (Lipinski definition) is 1. The van der Waals surface area contributed by atoms with Gasteiger partial charge in [0.15, 0.2) is 11.1 Å². The van der Waals surface area contributed by atoms with Crippen molar-refractivity contribution in [1.82, 2.24) is 0 Å². The summed E-state index contributed by atoms with van der Waals surface area (Å²) in [5.41, 5.74) is 3.40. The summed E-state index contributed by atoms with van der Waals surface area (Å²) in [5, 5.41) is 0. The largest absolute Gasteiger partial charge is 0.306 e. The van der Waals surface area contributed by atoms with Crippen molar-refractivity contribution in [2.24, 2.45) is 0 Å². The molecule has 0 saturated heterocycles. The lowest BCUT2D eigenvalue weighted by atomic mass is 10.1. The van der Waals surface area contributed by atoms with Crippen LogP contribution < -0.4 is 0 Å². The molecule has 2 nitrogen and oxygen atoms in total. The van der Waals surface area contributed by atoms with Crippen LogP contribution in [0.2, 0.25) is 0 Å². The summed E-state index contributed by atoms with van der Waals surface area (Å²) in [6.07, 6.45) is 5.14. The van der Waals surface area contributed by atoms with Crippen LogP contribution in [-0.4, -0.2) is 8.76 Å². The lowest BCUT2D eigenvalue weighted by molar-refractivity contribution is 0.563. The molecule has 1 atom stereocenters. The number of fused-ring (bicyclic) bond motifs is 1. The summed E-state index contributed by atoms with van der Waals surface area (Å²) in [6, 6.07) is 5.92. The van der Waals surface area contributed by atoms with E-state index in [2.05, 4.69) is 12.2 Å². The number of hydrogen-bond donors (Lipinski definition) is 1. The smallest absolute Gasteiger partial charge is 0.157 e. The fraction of sp³-hybridized carbons (Fsp3) is 0.200. The van der Waals surface area contributed by atoms with Gasteiger partial charge in [-0.1, -0.05) is 30.4 Å². The van der Waals surface area contributed by atoms with Crippen molar-refractivity contribution in [1.29, 1.82) is 0 Å². The molecular weight excluding hydrogens is 184 g/mol. The van der Waals surface area contributed by atoms with Gasteiger partial charge in [-0.15, -0.1) is 0 Å². The van der Waals surface area contributed by atoms with Gasteiger partial charge in [0.05, 0.1) is 5.75 Å². The second-order valence-electron chi connectivity index (χ2n) is 3.11. The van der Waals surface area contributed by atoms with Gasteiger partial charge in [-0.2, -0.15) is 0 Å². The van der Waals surface area contributed by atoms with Crippen LogP contribution in [0.3, 0.4) is 0 Å². The van der Waals surface area contributed by atoms with E-state index in [0.717, 1.165) is 12.0 Å². The molecule has 1 aliphatic carbocycles. The Hall–Kier alpha value is -0.930. The molecule has 0 heterocycles. The number of allylic oxidation sites excluding steroid dienone is 1. The summed E-state index contributed by atoms with van der Waals surface area (Å²) >= 11 is -1.74. The average Bonchev–Trinajstić information content (AvgIpc) is 2.49. The summed E-state index contributed by atoms with van der Waals surface area (Å²) in [4.78, 5) is 0. The molecule has 0 bridgehead atoms. The molecule has 1 aliphatic rings. The zero-order valence-corrected chi connectivity index (χ0v) is 7.88. The van der Waals surface area contributed by atoms with Crippen LogP contribution in [0.25, 0.3) is 6.08 Å². The minimum atomic E-state index is -1.74. The molecule has 0 amide bonds. The van der Waals surface area contributed by atoms with Gasteiger partial charge in [-0.05, 0) is 23.1 Å². The SMILES string of the molecule is O=S(O)Cc1ccc2c(c1)C=CC2. The molecule has 13 heavy (non-hydrogen) atoms. The van der Waals surface area contributed by atoms with Crippen molar-refractivity contribution in [2.75, 3.05) is 0 Å². The molecule has 1 aromatic rings. The van der Waals surface area contributed by atoms with Crippen LogP contribution in [0.5, 0.6) is 0 Å². The Morgan fingerprint density at radius 2 is 2.31 bits per heavy atom. The van der Waals surface area contributed by atoms with Crippen molar-refractivity contribution in [3.63, 3.8) is 0 Å². The first kappa shape index (κ1) is 8.66. The summed E-state index contributed by atoms with van der Waals surface area (Å²) in [6.45, 7) is 0. The highest BCUT2D eigenvalue weighted by Crippen LogP contribution is 2.20. The fourth-order valence-corrected chi connectivity index (χ4v) is 2.00. The van der Waals surface area contributed by atoms with Crippen LogP contribution in [0, 0.1) is 0 Å². The van der Waals surface area contributed by atoms with Crippen molar-refractivity contribution < 1.29 is 8.76 Å². The van der Waals surface area contributed by atoms with E-state index < -0.39 is 11.1 Å². The van der Waals surface area contributed by atoms with Crippen LogP contribution in [0.15, 0.2) is 24.3 Å². The van der Waals surface area contributed by atoms with E-state index in [1.165, 1.54) is 11.1 Å². The topological polar surface area (TPSA) is 37.3 Å². The zero-order chi connectivity index (χ0) is 9.26. The van der Waals surface area contributed by atoms with Crippen LogP contribution in [0.4, 0.5) is 0 Å². The Kier molecular flexibility index (Phi) is 2.29. The van der Waals surface area contributed by atoms with E-state index in [0.29, 0.717) is 0 Å². The predicted octanol–water partition coefficient (Wildman–Crippen LogP) is 1.98. The fourth-order valence-electron chi connectivity index (χ4n) is 1.53. The molecular formula is C10H10O2S. The van der Waals surface area contributed by atoms with Crippen LogP contribution in [0.1, 0.15) is 16.7 Å². The molecule has 1 unspecified atom stereocenters. The van der Waals surface area contributed by atoms with E-state index in [1.54, 1.807) is 0 Å². The van der Waals surface area contributed by atoms with Crippen LogP contribution in [-0.2, 0) is 23.3 Å². The first-order chi connectivity index (χ1) is 6.25. The molecule has 0 saturated carbocycles. The predicted molar refractivity (Wildman–Crippen MR) is 53.7 cm³/mol. The second kappa shape index (κ2) is 3.44. The average molecular weight is 194 g/mol. The van der Waals surface area contributed by atoms with E-state index in [-0.39, 0.29) is 5.75 Å². The molecule has 0 fully saturated rings. The van der Waals surface area contributed by atoms with Gasteiger partial charge in [0.2, 0.25) is 0 Å². The molecule has 0 aliphatic heterocycles. The molecule has 1 N–H and O–H groups in total. The van der Waals surface area contributed by atoms with Gasteiger partial charge in [-0.25, -0.2) is 4.21 Å². The maximum absolute atomic E-state index is 10.6. The minimum Gasteiger partial charge on any atom is -0.306 e. The summed E-state index contributed by atoms with van der Waals surface area (Å²) < 4.78 is 19.3. The lowest BCUT2D eigenvalue weighted by Crippen LogP contribution is -1.94. The highest BCUT2D eigenvalue weighted by molar-refractivity contribution is 7.78. The van der Waals surface area contributed by atoms with E-state index in [4.69, 9.17) is 4.55 Å². The zero-order valence-electron chi connectivity index (χ0n) is 7.06. The van der Waals surface area contributed by atoms with E-state index in [1.807, 2.05) is 18.2 Å². The Balaban J connectivity index is 2.30. The Morgan fingerprint density at radius 1 is 1.46 bits per heavy atom. The van der Waals surface area contributed by atoms with Gasteiger partial charge in [-0.3, -0.25) is 0 Å². The molecule has 68 valence electrons. The van der Waals surface area contributed by atoms with Crippen molar-refractivity contribution in [3.8, 4) is 0 Å². The lowest BCUT2D eigenvalue weighted by Gasteiger charge is -2.01. The first-order valence-corrected chi connectivity index (χ1v) is 5.39. The third-order valence-corrected chi connectivity index (χ3v) is 2.72. The highest BCUT2D eigenvalue weighted by atomic mass is 32.2. The van der Waals surface area contributed by atoms with Crippen LogP contribution >= 0.6 is 0 Å². The molecule has 2 rings (SSSR count). The molecule has 0 spiro atoms. The molecule has 1 aromatic carbocycles. The quantitative estimate of drug-likeness (QED) is 0.731. The van der Waals surface area contributed by atoms with Gasteiger partial charge >= 0.3 is 0 Å². The summed E-state index contributed by atoms with van der Waals surface area (Å²) in [5.74, 6) is 0.223. The highest BCUT2D eigenvalue weighted by Gasteiger charge is 2.06. The Morgan fingerprint density at radius 3 is 3.08 bits per heavy atom. The van der Waals surface area contributed by atoms with Crippen molar-refractivity contribution >= 4 is 17.2 Å². The maximum Gasteiger partial charge on any atom is 0.157 e. The Labute approximate surface area is 79.6 Å². The normalized spacial score (nSPS) is 15.8. The maximum atomic E-state index is 10.6. The molecule has 0 radical (unpaired) electrons. The second-order valence-corrected chi connectivity index (χ2v) is 4.04. The van der Waals surface area contributed by atoms with E-state index >= 15 is 0 Å². The van der Waals surface area contributed by atoms with Crippen molar-refractivity contribution in [2.45, 2.75) is 12.2 Å². The Bertz CT molecular complexity index is 383. The van der Waals surface area contributed by atoms with Gasteiger partial charge in [0.1, 0.15) is 0 Å². The summed E-state index contributed by atoms with van der Waals surface area (Å²) in [7, 11) is 0. The van der Waals surface area contributed by atoms with Crippen molar-refractivity contribution in [3.05, 3.63) is 41.0 Å². The number of benzene rings is 1. The van der Waals surface area contributed by atoms with Gasteiger partial charge in [0, 0.05) is 0 Å². The molecule has 3 heteroatoms. The number of rotatable bonds is 2. The van der Waals surface area contributed by atoms with Gasteiger partial charge < -0.3 is 4.55 Å². The third-order valence-electron chi connectivity index (χ3n) is 2.14. The standard InChI is InChI=1S/C10H10O2S/c11-13(12)7-8-4-5-9-2-1-3-10(9)6-8/h1,3-6H,2,7H2,(H,11,12). The minimum absolute atomic E-state index is 0.223. The third kappa shape index (κ3) is 1.87.